The minimum atomic E-state index is 0.676. The highest BCUT2D eigenvalue weighted by Gasteiger charge is 2.14. The van der Waals surface area contributed by atoms with Gasteiger partial charge in [0.05, 0.1) is 29.7 Å². The van der Waals surface area contributed by atoms with Crippen LogP contribution in [0.25, 0.3) is 0 Å². The first-order valence-corrected chi connectivity index (χ1v) is 5.83. The average Bonchev–Trinajstić information content (AvgIpc) is 2.75. The van der Waals surface area contributed by atoms with E-state index in [-0.39, 0.29) is 0 Å². The molecule has 0 amide bonds. The first-order valence-electron chi connectivity index (χ1n) is 5.83. The Kier molecular flexibility index (Phi) is 3.27. The van der Waals surface area contributed by atoms with Gasteiger partial charge in [0.15, 0.2) is 0 Å². The first kappa shape index (κ1) is 12.5. The number of methoxy groups -OCH3 is 1. The van der Waals surface area contributed by atoms with Crippen LogP contribution in [-0.2, 0) is 20.6 Å². The van der Waals surface area contributed by atoms with E-state index in [9.17, 15) is 0 Å². The fraction of sp³-hybridized carbons (Fsp3) is 0.500. The number of nitrogens with one attached hydrogen (secondary N) is 1. The van der Waals surface area contributed by atoms with Gasteiger partial charge in [-0.15, -0.1) is 0 Å². The normalized spacial score (nSPS) is 10.7. The molecule has 98 valence electrons. The number of aryl methyl sites for hydroxylation is 4. The maximum atomic E-state index is 5.36. The van der Waals surface area contributed by atoms with Crippen molar-refractivity contribution in [2.45, 2.75) is 20.4 Å². The van der Waals surface area contributed by atoms with E-state index in [4.69, 9.17) is 4.74 Å². The zero-order valence-electron chi connectivity index (χ0n) is 11.5. The minimum absolute atomic E-state index is 0.676. The summed E-state index contributed by atoms with van der Waals surface area (Å²) in [5.41, 5.74) is 4.06. The molecule has 0 aromatic carbocycles. The Hall–Kier alpha value is -1.98. The molecule has 0 aliphatic carbocycles. The van der Waals surface area contributed by atoms with Gasteiger partial charge in [-0.2, -0.15) is 10.2 Å². The van der Waals surface area contributed by atoms with Crippen LogP contribution < -0.4 is 10.1 Å². The van der Waals surface area contributed by atoms with Crippen molar-refractivity contribution in [1.82, 2.24) is 19.6 Å². The minimum Gasteiger partial charge on any atom is -0.481 e. The van der Waals surface area contributed by atoms with Crippen molar-refractivity contribution in [3.63, 3.8) is 0 Å². The highest BCUT2D eigenvalue weighted by Crippen LogP contribution is 2.22. The van der Waals surface area contributed by atoms with Gasteiger partial charge in [-0.05, 0) is 13.8 Å². The Morgan fingerprint density at radius 3 is 2.50 bits per heavy atom. The number of anilines is 1. The smallest absolute Gasteiger partial charge is 0.216 e. The highest BCUT2D eigenvalue weighted by molar-refractivity contribution is 5.47. The van der Waals surface area contributed by atoms with E-state index in [0.29, 0.717) is 6.54 Å². The molecule has 18 heavy (non-hydrogen) atoms. The van der Waals surface area contributed by atoms with Crippen molar-refractivity contribution in [3.8, 4) is 5.88 Å². The summed E-state index contributed by atoms with van der Waals surface area (Å²) in [4.78, 5) is 0. The first-order chi connectivity index (χ1) is 8.52. The van der Waals surface area contributed by atoms with Gasteiger partial charge in [0.1, 0.15) is 0 Å². The Labute approximate surface area is 107 Å². The van der Waals surface area contributed by atoms with Gasteiger partial charge in [-0.1, -0.05) is 0 Å². The predicted molar refractivity (Wildman–Crippen MR) is 69.8 cm³/mol. The monoisotopic (exact) mass is 249 g/mol. The Balaban J connectivity index is 2.18. The standard InChI is InChI=1S/C12H19N5O/c1-8-10(12(18-5)17(4)15-8)6-13-11-7-16(3)14-9(11)2/h7,13H,6H2,1-5H3. The maximum Gasteiger partial charge on any atom is 0.216 e. The van der Waals surface area contributed by atoms with E-state index in [2.05, 4.69) is 15.5 Å². The van der Waals surface area contributed by atoms with Crippen LogP contribution >= 0.6 is 0 Å². The average molecular weight is 249 g/mol. The van der Waals surface area contributed by atoms with Crippen molar-refractivity contribution >= 4 is 5.69 Å². The van der Waals surface area contributed by atoms with Gasteiger partial charge < -0.3 is 10.1 Å². The molecule has 2 rings (SSSR count). The molecule has 0 fully saturated rings. The van der Waals surface area contributed by atoms with Crippen molar-refractivity contribution in [2.24, 2.45) is 14.1 Å². The zero-order valence-corrected chi connectivity index (χ0v) is 11.5. The molecule has 6 heteroatoms. The number of rotatable bonds is 4. The third-order valence-electron chi connectivity index (χ3n) is 2.95. The van der Waals surface area contributed by atoms with Gasteiger partial charge in [0, 0.05) is 26.8 Å². The van der Waals surface area contributed by atoms with E-state index in [1.54, 1.807) is 16.5 Å². The lowest BCUT2D eigenvalue weighted by atomic mass is 10.2. The summed E-state index contributed by atoms with van der Waals surface area (Å²) < 4.78 is 8.91. The van der Waals surface area contributed by atoms with Crippen LogP contribution in [0.2, 0.25) is 0 Å². The zero-order chi connectivity index (χ0) is 13.3. The third kappa shape index (κ3) is 2.18. The fourth-order valence-corrected chi connectivity index (χ4v) is 2.10. The molecule has 2 heterocycles. The van der Waals surface area contributed by atoms with Crippen LogP contribution in [0.15, 0.2) is 6.20 Å². The molecule has 0 spiro atoms. The fourth-order valence-electron chi connectivity index (χ4n) is 2.10. The van der Waals surface area contributed by atoms with E-state index in [0.717, 1.165) is 28.5 Å². The van der Waals surface area contributed by atoms with Gasteiger partial charge >= 0.3 is 0 Å². The molecule has 0 radical (unpaired) electrons. The van der Waals surface area contributed by atoms with Crippen LogP contribution in [0.4, 0.5) is 5.69 Å². The lowest BCUT2D eigenvalue weighted by Crippen LogP contribution is -2.03. The second-order valence-corrected chi connectivity index (χ2v) is 4.35. The summed E-state index contributed by atoms with van der Waals surface area (Å²) >= 11 is 0. The Bertz CT molecular complexity index is 555. The summed E-state index contributed by atoms with van der Waals surface area (Å²) in [7, 11) is 5.45. The molecule has 0 bridgehead atoms. The van der Waals surface area contributed by atoms with Gasteiger partial charge in [-0.25, -0.2) is 4.68 Å². The number of nitrogens with zero attached hydrogens (tertiary/aromatic N) is 4. The van der Waals surface area contributed by atoms with Gasteiger partial charge in [-0.3, -0.25) is 4.68 Å². The number of aromatic nitrogens is 4. The lowest BCUT2D eigenvalue weighted by Gasteiger charge is -2.07. The molecule has 0 unspecified atom stereocenters. The summed E-state index contributed by atoms with van der Waals surface area (Å²) in [6.45, 7) is 4.64. The van der Waals surface area contributed by atoms with Crippen molar-refractivity contribution in [2.75, 3.05) is 12.4 Å². The van der Waals surface area contributed by atoms with Crippen LogP contribution in [-0.4, -0.2) is 26.7 Å². The maximum absolute atomic E-state index is 5.36. The summed E-state index contributed by atoms with van der Waals surface area (Å²) in [5, 5.41) is 12.0. The molecule has 0 atom stereocenters. The van der Waals surface area contributed by atoms with Gasteiger partial charge in [0.2, 0.25) is 5.88 Å². The molecule has 6 nitrogen and oxygen atoms in total. The molecule has 0 saturated heterocycles. The molecule has 0 aliphatic rings. The molecule has 2 aromatic heterocycles. The third-order valence-corrected chi connectivity index (χ3v) is 2.95. The van der Waals surface area contributed by atoms with Crippen LogP contribution in [0.1, 0.15) is 17.0 Å². The summed E-state index contributed by atoms with van der Waals surface area (Å²) in [6.07, 6.45) is 1.97. The summed E-state index contributed by atoms with van der Waals surface area (Å²) in [6, 6.07) is 0. The second-order valence-electron chi connectivity index (χ2n) is 4.35. The van der Waals surface area contributed by atoms with E-state index < -0.39 is 0 Å². The van der Waals surface area contributed by atoms with Crippen molar-refractivity contribution in [3.05, 3.63) is 23.1 Å². The SMILES string of the molecule is COc1c(CNc2cn(C)nc2C)c(C)nn1C. The molecule has 2 aromatic rings. The number of hydrogen-bond donors (Lipinski definition) is 1. The lowest BCUT2D eigenvalue weighted by molar-refractivity contribution is 0.370. The highest BCUT2D eigenvalue weighted by atomic mass is 16.5. The van der Waals surface area contributed by atoms with Crippen LogP contribution in [0, 0.1) is 13.8 Å². The number of hydrogen-bond acceptors (Lipinski definition) is 4. The number of ether oxygens (including phenoxy) is 1. The predicted octanol–water partition coefficient (Wildman–Crippen LogP) is 1.39. The van der Waals surface area contributed by atoms with Crippen LogP contribution in [0.3, 0.4) is 0 Å². The summed E-state index contributed by atoms with van der Waals surface area (Å²) in [5.74, 6) is 0.793. The van der Waals surface area contributed by atoms with E-state index in [1.165, 1.54) is 0 Å². The molecule has 0 aliphatic heterocycles. The van der Waals surface area contributed by atoms with Gasteiger partial charge in [0.25, 0.3) is 0 Å². The van der Waals surface area contributed by atoms with E-state index >= 15 is 0 Å². The largest absolute Gasteiger partial charge is 0.481 e. The molecule has 0 saturated carbocycles. The second kappa shape index (κ2) is 4.72. The molecular formula is C12H19N5O. The molecular weight excluding hydrogens is 230 g/mol. The molecule has 1 N–H and O–H groups in total. The van der Waals surface area contributed by atoms with E-state index in [1.807, 2.05) is 34.1 Å². The van der Waals surface area contributed by atoms with Crippen molar-refractivity contribution in [1.29, 1.82) is 0 Å². The quantitative estimate of drug-likeness (QED) is 0.889. The van der Waals surface area contributed by atoms with Crippen LogP contribution in [0.5, 0.6) is 5.88 Å². The van der Waals surface area contributed by atoms with Crippen molar-refractivity contribution < 1.29 is 4.74 Å². The Morgan fingerprint density at radius 2 is 1.94 bits per heavy atom. The topological polar surface area (TPSA) is 56.9 Å². The Morgan fingerprint density at radius 1 is 1.22 bits per heavy atom.